The predicted molar refractivity (Wildman–Crippen MR) is 218 cm³/mol. The Morgan fingerprint density at radius 1 is 0.222 bits per heavy atom. The van der Waals surface area contributed by atoms with Gasteiger partial charge in [-0.25, -0.2) is 29.9 Å². The van der Waals surface area contributed by atoms with Gasteiger partial charge in [-0.2, -0.15) is 0 Å². The molecule has 6 heteroatoms. The molecule has 0 bridgehead atoms. The molecule has 3 aromatic heterocycles. The lowest BCUT2D eigenvalue weighted by Crippen LogP contribution is -2.00. The highest BCUT2D eigenvalue weighted by atomic mass is 15.0. The molecule has 0 unspecified atom stereocenters. The number of rotatable bonds is 6. The van der Waals surface area contributed by atoms with Crippen LogP contribution in [0.5, 0.6) is 0 Å². The van der Waals surface area contributed by atoms with Crippen molar-refractivity contribution >= 4 is 32.7 Å². The molecule has 6 nitrogen and oxygen atoms in total. The molecule has 0 amide bonds. The minimum Gasteiger partial charge on any atom is -0.247 e. The zero-order valence-electron chi connectivity index (χ0n) is 29.0. The van der Waals surface area contributed by atoms with Crippen molar-refractivity contribution in [2.45, 2.75) is 0 Å². The molecule has 0 aliphatic heterocycles. The number of hydrogen-bond donors (Lipinski definition) is 0. The van der Waals surface area contributed by atoms with Gasteiger partial charge in [-0.15, -0.1) is 0 Å². The van der Waals surface area contributed by atoms with Crippen LogP contribution in [-0.4, -0.2) is 29.9 Å². The SMILES string of the molecule is c1ccc(-c2nc(-c3ccccc3)nc(-c3cccc(-c4nc5ccccc5nc4-c4cccc(-c5nc6ccccc6c6ccccc56)c4)c3)n2)cc1. The van der Waals surface area contributed by atoms with Gasteiger partial charge in [0.25, 0.3) is 0 Å². The highest BCUT2D eigenvalue weighted by Crippen LogP contribution is 2.37. The van der Waals surface area contributed by atoms with Crippen molar-refractivity contribution in [2.75, 3.05) is 0 Å². The van der Waals surface area contributed by atoms with Crippen LogP contribution in [0.2, 0.25) is 0 Å². The van der Waals surface area contributed by atoms with E-state index in [1.54, 1.807) is 0 Å². The molecule has 0 radical (unpaired) electrons. The van der Waals surface area contributed by atoms with Crippen LogP contribution in [0.1, 0.15) is 0 Å². The van der Waals surface area contributed by atoms with E-state index in [1.807, 2.05) is 103 Å². The number of para-hydroxylation sites is 3. The minimum absolute atomic E-state index is 0.580. The van der Waals surface area contributed by atoms with Crippen LogP contribution in [0.25, 0.3) is 101 Å². The highest BCUT2D eigenvalue weighted by molar-refractivity contribution is 6.11. The van der Waals surface area contributed by atoms with Crippen molar-refractivity contribution in [1.29, 1.82) is 0 Å². The molecule has 0 atom stereocenters. The van der Waals surface area contributed by atoms with Crippen LogP contribution < -0.4 is 0 Å². The summed E-state index contributed by atoms with van der Waals surface area (Å²) in [5.41, 5.74) is 10.6. The Kier molecular flexibility index (Phi) is 7.69. The molecule has 0 saturated heterocycles. The van der Waals surface area contributed by atoms with E-state index in [0.717, 1.165) is 77.8 Å². The monoisotopic (exact) mass is 690 g/mol. The van der Waals surface area contributed by atoms with E-state index in [2.05, 4.69) is 78.9 Å². The first-order valence-electron chi connectivity index (χ1n) is 17.9. The van der Waals surface area contributed by atoms with Gasteiger partial charge in [-0.05, 0) is 35.7 Å². The minimum atomic E-state index is 0.580. The van der Waals surface area contributed by atoms with Gasteiger partial charge in [0, 0.05) is 44.2 Å². The molecule has 54 heavy (non-hydrogen) atoms. The van der Waals surface area contributed by atoms with Crippen LogP contribution in [-0.2, 0) is 0 Å². The summed E-state index contributed by atoms with van der Waals surface area (Å²) < 4.78 is 0. The lowest BCUT2D eigenvalue weighted by Gasteiger charge is -2.14. The average Bonchev–Trinajstić information content (AvgIpc) is 3.26. The summed E-state index contributed by atoms with van der Waals surface area (Å²) in [4.78, 5) is 30.6. The van der Waals surface area contributed by atoms with Crippen LogP contribution in [0.3, 0.4) is 0 Å². The van der Waals surface area contributed by atoms with Crippen LogP contribution in [0.15, 0.2) is 182 Å². The fourth-order valence-corrected chi connectivity index (χ4v) is 7.08. The number of benzene rings is 7. The van der Waals surface area contributed by atoms with Gasteiger partial charge in [0.2, 0.25) is 0 Å². The summed E-state index contributed by atoms with van der Waals surface area (Å²) in [6, 6.07) is 61.6. The number of nitrogens with zero attached hydrogens (tertiary/aromatic N) is 6. The molecule has 252 valence electrons. The first-order chi connectivity index (χ1) is 26.7. The second-order valence-corrected chi connectivity index (χ2v) is 13.1. The van der Waals surface area contributed by atoms with Crippen LogP contribution in [0.4, 0.5) is 0 Å². The van der Waals surface area contributed by atoms with Crippen LogP contribution in [0, 0.1) is 0 Å². The maximum Gasteiger partial charge on any atom is 0.164 e. The van der Waals surface area contributed by atoms with E-state index in [9.17, 15) is 0 Å². The van der Waals surface area contributed by atoms with E-state index >= 15 is 0 Å². The third-order valence-corrected chi connectivity index (χ3v) is 9.68. The third-order valence-electron chi connectivity index (χ3n) is 9.68. The maximum absolute atomic E-state index is 5.25. The Morgan fingerprint density at radius 3 is 1.17 bits per heavy atom. The Hall–Kier alpha value is -7.44. The Labute approximate surface area is 311 Å². The van der Waals surface area contributed by atoms with E-state index in [0.29, 0.717) is 17.5 Å². The molecule has 10 rings (SSSR count). The van der Waals surface area contributed by atoms with E-state index in [4.69, 9.17) is 29.9 Å². The van der Waals surface area contributed by atoms with E-state index < -0.39 is 0 Å². The Balaban J connectivity index is 1.14. The van der Waals surface area contributed by atoms with Crippen molar-refractivity contribution < 1.29 is 0 Å². The van der Waals surface area contributed by atoms with Crippen molar-refractivity contribution in [2.24, 2.45) is 0 Å². The van der Waals surface area contributed by atoms with Gasteiger partial charge in [0.05, 0.1) is 33.6 Å². The fourth-order valence-electron chi connectivity index (χ4n) is 7.08. The largest absolute Gasteiger partial charge is 0.247 e. The fraction of sp³-hybridized carbons (Fsp3) is 0. The van der Waals surface area contributed by atoms with E-state index in [1.165, 1.54) is 5.39 Å². The lowest BCUT2D eigenvalue weighted by atomic mass is 9.96. The van der Waals surface area contributed by atoms with Gasteiger partial charge in [0.1, 0.15) is 0 Å². The molecule has 0 aliphatic rings. The summed E-state index contributed by atoms with van der Waals surface area (Å²) in [5.74, 6) is 1.81. The first-order valence-corrected chi connectivity index (χ1v) is 17.9. The van der Waals surface area contributed by atoms with Gasteiger partial charge in [-0.1, -0.05) is 152 Å². The second kappa shape index (κ2) is 13.3. The molecule has 0 fully saturated rings. The molecule has 10 aromatic rings. The lowest BCUT2D eigenvalue weighted by molar-refractivity contribution is 1.07. The van der Waals surface area contributed by atoms with Gasteiger partial charge >= 0.3 is 0 Å². The molecule has 0 N–H and O–H groups in total. The average molecular weight is 691 g/mol. The molecule has 7 aromatic carbocycles. The highest BCUT2D eigenvalue weighted by Gasteiger charge is 2.18. The van der Waals surface area contributed by atoms with Crippen molar-refractivity contribution in [1.82, 2.24) is 29.9 Å². The zero-order valence-corrected chi connectivity index (χ0v) is 29.0. The standard InChI is InChI=1S/C48H30N6/c1-3-15-31(16-4-1)46-52-47(32-17-5-2-6-18-32)54-48(53-46)36-22-14-21-35(30-36)45-44(50-41-27-11-12-28-42(41)51-45)34-20-13-19-33(29-34)43-39-25-8-7-23-37(39)38-24-9-10-26-40(38)49-43/h1-30H. The molecule has 0 aliphatic carbocycles. The topological polar surface area (TPSA) is 77.3 Å². The summed E-state index contributed by atoms with van der Waals surface area (Å²) in [5, 5.41) is 3.42. The first kappa shape index (κ1) is 31.3. The van der Waals surface area contributed by atoms with E-state index in [-0.39, 0.29) is 0 Å². The molecular weight excluding hydrogens is 661 g/mol. The van der Waals surface area contributed by atoms with Gasteiger partial charge in [-0.3, -0.25) is 0 Å². The quantitative estimate of drug-likeness (QED) is 0.162. The second-order valence-electron chi connectivity index (χ2n) is 13.1. The third kappa shape index (κ3) is 5.72. The number of aromatic nitrogens is 6. The van der Waals surface area contributed by atoms with Crippen LogP contribution >= 0.6 is 0 Å². The number of pyridine rings is 1. The summed E-state index contributed by atoms with van der Waals surface area (Å²) in [6.45, 7) is 0. The van der Waals surface area contributed by atoms with Crippen molar-refractivity contribution in [3.05, 3.63) is 182 Å². The smallest absolute Gasteiger partial charge is 0.164 e. The molecular formula is C48H30N6. The Morgan fingerprint density at radius 2 is 0.593 bits per heavy atom. The summed E-state index contributed by atoms with van der Waals surface area (Å²) in [7, 11) is 0. The summed E-state index contributed by atoms with van der Waals surface area (Å²) >= 11 is 0. The van der Waals surface area contributed by atoms with Crippen molar-refractivity contribution in [3.8, 4) is 67.9 Å². The molecule has 0 saturated carbocycles. The van der Waals surface area contributed by atoms with Gasteiger partial charge in [0.15, 0.2) is 17.5 Å². The predicted octanol–water partition coefficient (Wildman–Crippen LogP) is 11.5. The van der Waals surface area contributed by atoms with Gasteiger partial charge < -0.3 is 0 Å². The Bertz CT molecular complexity index is 2940. The molecule has 0 spiro atoms. The number of hydrogen-bond acceptors (Lipinski definition) is 6. The number of fused-ring (bicyclic) bond motifs is 4. The summed E-state index contributed by atoms with van der Waals surface area (Å²) in [6.07, 6.45) is 0. The zero-order chi connectivity index (χ0) is 35.8. The molecule has 3 heterocycles. The normalized spacial score (nSPS) is 11.3. The van der Waals surface area contributed by atoms with Crippen molar-refractivity contribution in [3.63, 3.8) is 0 Å². The maximum atomic E-state index is 5.25.